The van der Waals surface area contributed by atoms with E-state index in [1.54, 1.807) is 13.2 Å². The lowest BCUT2D eigenvalue weighted by Gasteiger charge is -2.39. The van der Waals surface area contributed by atoms with Crippen LogP contribution in [0.1, 0.15) is 25.1 Å². The van der Waals surface area contributed by atoms with Crippen molar-refractivity contribution in [1.82, 2.24) is 9.97 Å². The van der Waals surface area contributed by atoms with Crippen molar-refractivity contribution in [1.29, 1.82) is 0 Å². The van der Waals surface area contributed by atoms with Gasteiger partial charge in [0.15, 0.2) is 0 Å². The highest BCUT2D eigenvalue weighted by Crippen LogP contribution is 2.38. The van der Waals surface area contributed by atoms with E-state index in [1.807, 2.05) is 6.07 Å². The van der Waals surface area contributed by atoms with Crippen LogP contribution in [-0.2, 0) is 11.2 Å². The molecule has 1 aromatic carbocycles. The summed E-state index contributed by atoms with van der Waals surface area (Å²) in [6, 6.07) is 3.61. The number of aromatic nitrogens is 2. The lowest BCUT2D eigenvalue weighted by atomic mass is 9.77. The molecule has 0 bridgehead atoms. The Kier molecular flexibility index (Phi) is 3.00. The summed E-state index contributed by atoms with van der Waals surface area (Å²) in [4.78, 5) is 7.84. The number of H-pyrrole nitrogens is 1. The van der Waals surface area contributed by atoms with Gasteiger partial charge >= 0.3 is 0 Å². The number of benzene rings is 1. The van der Waals surface area contributed by atoms with Crippen molar-refractivity contribution in [3.8, 4) is 0 Å². The Morgan fingerprint density at radius 2 is 2.06 bits per heavy atom. The predicted octanol–water partition coefficient (Wildman–Crippen LogP) is 3.98. The number of hydrogen-bond acceptors (Lipinski definition) is 2. The molecule has 18 heavy (non-hydrogen) atoms. The molecule has 1 heterocycles. The molecule has 1 saturated carbocycles. The molecular weight excluding hydrogens is 271 g/mol. The third-order valence-corrected chi connectivity index (χ3v) is 4.48. The van der Waals surface area contributed by atoms with Gasteiger partial charge in [-0.15, -0.1) is 0 Å². The van der Waals surface area contributed by atoms with E-state index in [1.165, 1.54) is 6.42 Å². The second-order valence-corrected chi connectivity index (χ2v) is 5.70. The molecule has 1 aliphatic rings. The Morgan fingerprint density at radius 1 is 1.33 bits per heavy atom. The standard InChI is InChI=1S/C13H14Cl2N2O/c1-18-13(3-2-4-13)7-12-16-10-5-8(14)9(15)6-11(10)17-12/h5-6H,2-4,7H2,1H3,(H,16,17). The monoisotopic (exact) mass is 284 g/mol. The van der Waals surface area contributed by atoms with Gasteiger partial charge in [-0.25, -0.2) is 4.98 Å². The molecule has 1 aromatic heterocycles. The van der Waals surface area contributed by atoms with E-state index in [0.717, 1.165) is 36.1 Å². The molecule has 0 amide bonds. The molecule has 0 saturated heterocycles. The first-order chi connectivity index (χ1) is 8.62. The van der Waals surface area contributed by atoms with Crippen LogP contribution in [0.3, 0.4) is 0 Å². The van der Waals surface area contributed by atoms with Crippen LogP contribution in [0.5, 0.6) is 0 Å². The molecule has 0 atom stereocenters. The average molecular weight is 285 g/mol. The summed E-state index contributed by atoms with van der Waals surface area (Å²) in [5.41, 5.74) is 1.75. The molecule has 0 radical (unpaired) electrons. The maximum absolute atomic E-state index is 5.99. The Balaban J connectivity index is 1.93. The SMILES string of the molecule is COC1(Cc2nc3cc(Cl)c(Cl)cc3[nH]2)CCC1. The topological polar surface area (TPSA) is 37.9 Å². The van der Waals surface area contributed by atoms with Crippen molar-refractivity contribution in [3.05, 3.63) is 28.0 Å². The molecule has 3 nitrogen and oxygen atoms in total. The number of nitrogens with one attached hydrogen (secondary N) is 1. The minimum atomic E-state index is -0.0263. The zero-order valence-corrected chi connectivity index (χ0v) is 11.6. The first kappa shape index (κ1) is 12.3. The minimum absolute atomic E-state index is 0.0263. The lowest BCUT2D eigenvalue weighted by Crippen LogP contribution is -2.41. The van der Waals surface area contributed by atoms with E-state index in [9.17, 15) is 0 Å². The highest BCUT2D eigenvalue weighted by atomic mass is 35.5. The number of hydrogen-bond donors (Lipinski definition) is 1. The molecule has 2 aromatic rings. The number of rotatable bonds is 3. The van der Waals surface area contributed by atoms with Crippen LogP contribution in [0, 0.1) is 0 Å². The summed E-state index contributed by atoms with van der Waals surface area (Å²) in [6.07, 6.45) is 4.24. The highest BCUT2D eigenvalue weighted by Gasteiger charge is 2.37. The van der Waals surface area contributed by atoms with Gasteiger partial charge < -0.3 is 9.72 Å². The van der Waals surface area contributed by atoms with Gasteiger partial charge in [0.2, 0.25) is 0 Å². The van der Waals surface area contributed by atoms with Gasteiger partial charge in [0.25, 0.3) is 0 Å². The maximum atomic E-state index is 5.99. The first-order valence-electron chi connectivity index (χ1n) is 6.01. The summed E-state index contributed by atoms with van der Waals surface area (Å²) < 4.78 is 5.61. The number of imidazole rings is 1. The van der Waals surface area contributed by atoms with Gasteiger partial charge in [-0.05, 0) is 31.4 Å². The Morgan fingerprint density at radius 3 is 2.67 bits per heavy atom. The molecule has 1 fully saturated rings. The molecule has 0 spiro atoms. The lowest BCUT2D eigenvalue weighted by molar-refractivity contribution is -0.0719. The van der Waals surface area contributed by atoms with Crippen molar-refractivity contribution >= 4 is 34.2 Å². The second kappa shape index (κ2) is 4.41. The van der Waals surface area contributed by atoms with Crippen molar-refractivity contribution in [2.75, 3.05) is 7.11 Å². The zero-order chi connectivity index (χ0) is 12.8. The third-order valence-electron chi connectivity index (χ3n) is 3.76. The number of nitrogens with zero attached hydrogens (tertiary/aromatic N) is 1. The molecule has 1 aliphatic carbocycles. The molecule has 0 unspecified atom stereocenters. The number of ether oxygens (including phenoxy) is 1. The smallest absolute Gasteiger partial charge is 0.110 e. The molecule has 5 heteroatoms. The maximum Gasteiger partial charge on any atom is 0.110 e. The van der Waals surface area contributed by atoms with E-state index in [-0.39, 0.29) is 5.60 Å². The first-order valence-corrected chi connectivity index (χ1v) is 6.76. The van der Waals surface area contributed by atoms with Crippen LogP contribution in [-0.4, -0.2) is 22.7 Å². The van der Waals surface area contributed by atoms with E-state index < -0.39 is 0 Å². The van der Waals surface area contributed by atoms with Gasteiger partial charge in [0.05, 0.1) is 26.7 Å². The van der Waals surface area contributed by atoms with Crippen molar-refractivity contribution in [2.24, 2.45) is 0 Å². The van der Waals surface area contributed by atoms with Crippen LogP contribution in [0.4, 0.5) is 0 Å². The second-order valence-electron chi connectivity index (χ2n) is 4.88. The molecule has 1 N–H and O–H groups in total. The van der Waals surface area contributed by atoms with E-state index in [2.05, 4.69) is 9.97 Å². The Labute approximate surface area is 115 Å². The summed E-state index contributed by atoms with van der Waals surface area (Å²) in [6.45, 7) is 0. The third kappa shape index (κ3) is 2.00. The fourth-order valence-corrected chi connectivity index (χ4v) is 2.79. The molecule has 3 rings (SSSR count). The fraction of sp³-hybridized carbons (Fsp3) is 0.462. The van der Waals surface area contributed by atoms with Crippen LogP contribution >= 0.6 is 23.2 Å². The Hall–Kier alpha value is -0.770. The average Bonchev–Trinajstić information content (AvgIpc) is 2.66. The quantitative estimate of drug-likeness (QED) is 0.926. The van der Waals surface area contributed by atoms with Crippen molar-refractivity contribution in [2.45, 2.75) is 31.3 Å². The Bertz CT molecular complexity index is 545. The minimum Gasteiger partial charge on any atom is -0.378 e. The number of fused-ring (bicyclic) bond motifs is 1. The van der Waals surface area contributed by atoms with Crippen LogP contribution in [0.15, 0.2) is 12.1 Å². The highest BCUT2D eigenvalue weighted by molar-refractivity contribution is 6.42. The van der Waals surface area contributed by atoms with Crippen LogP contribution in [0.2, 0.25) is 10.0 Å². The predicted molar refractivity (Wildman–Crippen MR) is 73.4 cm³/mol. The van der Waals surface area contributed by atoms with Crippen molar-refractivity contribution in [3.63, 3.8) is 0 Å². The zero-order valence-electron chi connectivity index (χ0n) is 10.1. The van der Waals surface area contributed by atoms with Crippen LogP contribution in [0.25, 0.3) is 11.0 Å². The largest absolute Gasteiger partial charge is 0.378 e. The van der Waals surface area contributed by atoms with Gasteiger partial charge in [-0.1, -0.05) is 23.2 Å². The summed E-state index contributed by atoms with van der Waals surface area (Å²) >= 11 is 12.0. The van der Waals surface area contributed by atoms with E-state index >= 15 is 0 Å². The van der Waals surface area contributed by atoms with Gasteiger partial charge in [0, 0.05) is 13.5 Å². The summed E-state index contributed by atoms with van der Waals surface area (Å²) in [7, 11) is 1.77. The van der Waals surface area contributed by atoms with Gasteiger partial charge in [-0.2, -0.15) is 0 Å². The van der Waals surface area contributed by atoms with Gasteiger partial charge in [0.1, 0.15) is 5.82 Å². The summed E-state index contributed by atoms with van der Waals surface area (Å²) in [5, 5.41) is 1.08. The molecular formula is C13H14Cl2N2O. The van der Waals surface area contributed by atoms with Crippen LogP contribution < -0.4 is 0 Å². The normalized spacial score (nSPS) is 17.9. The summed E-state index contributed by atoms with van der Waals surface area (Å²) in [5.74, 6) is 0.935. The van der Waals surface area contributed by atoms with Gasteiger partial charge in [-0.3, -0.25) is 0 Å². The van der Waals surface area contributed by atoms with E-state index in [4.69, 9.17) is 27.9 Å². The molecule has 96 valence electrons. The fourth-order valence-electron chi connectivity index (χ4n) is 2.47. The number of methoxy groups -OCH3 is 1. The number of halogens is 2. The van der Waals surface area contributed by atoms with Crippen molar-refractivity contribution < 1.29 is 4.74 Å². The molecule has 0 aliphatic heterocycles. The van der Waals surface area contributed by atoms with E-state index in [0.29, 0.717) is 10.0 Å². The number of aromatic amines is 1.